The predicted octanol–water partition coefficient (Wildman–Crippen LogP) is 3.29. The zero-order chi connectivity index (χ0) is 16.7. The number of benzene rings is 1. The lowest BCUT2D eigenvalue weighted by Crippen LogP contribution is -2.41. The van der Waals surface area contributed by atoms with E-state index in [9.17, 15) is 4.79 Å². The number of nitrogens with zero attached hydrogens (tertiary/aromatic N) is 2. The lowest BCUT2D eigenvalue weighted by Gasteiger charge is -2.29. The molecule has 0 unspecified atom stereocenters. The summed E-state index contributed by atoms with van der Waals surface area (Å²) >= 11 is 0. The SMILES string of the molecule is C[C@@H]1CCCC[C@H]1NC(=O)c1nn(C)c2c1COc1ccccc1-2. The second-order valence-electron chi connectivity index (χ2n) is 6.93. The molecule has 0 saturated heterocycles. The number of hydrogen-bond acceptors (Lipinski definition) is 3. The Balaban J connectivity index is 1.65. The van der Waals surface area contributed by atoms with E-state index in [2.05, 4.69) is 17.3 Å². The van der Waals surface area contributed by atoms with Gasteiger partial charge in [0, 0.05) is 24.2 Å². The Morgan fingerprint density at radius 3 is 2.92 bits per heavy atom. The van der Waals surface area contributed by atoms with Gasteiger partial charge in [-0.25, -0.2) is 0 Å². The van der Waals surface area contributed by atoms with Crippen LogP contribution >= 0.6 is 0 Å². The number of rotatable bonds is 2. The minimum absolute atomic E-state index is 0.0754. The highest BCUT2D eigenvalue weighted by molar-refractivity contribution is 5.96. The molecule has 4 rings (SSSR count). The number of nitrogens with one attached hydrogen (secondary N) is 1. The zero-order valence-corrected chi connectivity index (χ0v) is 14.2. The highest BCUT2D eigenvalue weighted by Gasteiger charge is 2.30. The van der Waals surface area contributed by atoms with Gasteiger partial charge < -0.3 is 10.1 Å². The van der Waals surface area contributed by atoms with Gasteiger partial charge in [0.15, 0.2) is 5.69 Å². The summed E-state index contributed by atoms with van der Waals surface area (Å²) in [6.45, 7) is 2.61. The number of carbonyl (C=O) groups is 1. The van der Waals surface area contributed by atoms with E-state index in [1.165, 1.54) is 19.3 Å². The van der Waals surface area contributed by atoms with Crippen molar-refractivity contribution in [2.45, 2.75) is 45.3 Å². The number of carbonyl (C=O) groups excluding carboxylic acids is 1. The lowest BCUT2D eigenvalue weighted by atomic mass is 9.86. The van der Waals surface area contributed by atoms with Crippen LogP contribution in [0.3, 0.4) is 0 Å². The molecule has 1 fully saturated rings. The molecule has 0 spiro atoms. The molecule has 126 valence electrons. The molecule has 24 heavy (non-hydrogen) atoms. The monoisotopic (exact) mass is 325 g/mol. The van der Waals surface area contributed by atoms with Gasteiger partial charge in [0.25, 0.3) is 5.91 Å². The second-order valence-corrected chi connectivity index (χ2v) is 6.93. The predicted molar refractivity (Wildman–Crippen MR) is 91.9 cm³/mol. The number of hydrogen-bond donors (Lipinski definition) is 1. The molecule has 0 radical (unpaired) electrons. The summed E-state index contributed by atoms with van der Waals surface area (Å²) in [6.07, 6.45) is 4.69. The second kappa shape index (κ2) is 5.96. The van der Waals surface area contributed by atoms with Gasteiger partial charge in [-0.2, -0.15) is 5.10 Å². The third kappa shape index (κ3) is 2.48. The Bertz CT molecular complexity index is 781. The van der Waals surface area contributed by atoms with Crippen LogP contribution in [0, 0.1) is 5.92 Å². The van der Waals surface area contributed by atoms with E-state index in [4.69, 9.17) is 4.74 Å². The molecule has 5 nitrogen and oxygen atoms in total. The summed E-state index contributed by atoms with van der Waals surface area (Å²) in [5, 5.41) is 7.71. The van der Waals surface area contributed by atoms with Crippen LogP contribution in [0.2, 0.25) is 0 Å². The molecule has 1 aliphatic heterocycles. The van der Waals surface area contributed by atoms with Crippen molar-refractivity contribution in [3.05, 3.63) is 35.5 Å². The molecule has 0 bridgehead atoms. The first-order valence-corrected chi connectivity index (χ1v) is 8.74. The van der Waals surface area contributed by atoms with Gasteiger partial charge in [-0.15, -0.1) is 0 Å². The largest absolute Gasteiger partial charge is 0.488 e. The van der Waals surface area contributed by atoms with Crippen molar-refractivity contribution in [2.75, 3.05) is 0 Å². The third-order valence-electron chi connectivity index (χ3n) is 5.30. The molecule has 2 heterocycles. The van der Waals surface area contributed by atoms with Crippen LogP contribution < -0.4 is 10.1 Å². The first-order valence-electron chi connectivity index (χ1n) is 8.74. The minimum Gasteiger partial charge on any atom is -0.488 e. The van der Waals surface area contributed by atoms with Gasteiger partial charge in [-0.05, 0) is 30.9 Å². The van der Waals surface area contributed by atoms with E-state index >= 15 is 0 Å². The van der Waals surface area contributed by atoms with Crippen molar-refractivity contribution in [2.24, 2.45) is 13.0 Å². The Morgan fingerprint density at radius 1 is 1.29 bits per heavy atom. The van der Waals surface area contributed by atoms with Crippen LogP contribution in [-0.2, 0) is 13.7 Å². The fraction of sp³-hybridized carbons (Fsp3) is 0.474. The van der Waals surface area contributed by atoms with Crippen molar-refractivity contribution in [3.8, 4) is 17.0 Å². The molecule has 2 aliphatic rings. The Hall–Kier alpha value is -2.30. The van der Waals surface area contributed by atoms with Crippen molar-refractivity contribution < 1.29 is 9.53 Å². The highest BCUT2D eigenvalue weighted by Crippen LogP contribution is 2.38. The van der Waals surface area contributed by atoms with E-state index in [0.717, 1.165) is 29.0 Å². The maximum absolute atomic E-state index is 12.8. The van der Waals surface area contributed by atoms with Gasteiger partial charge >= 0.3 is 0 Å². The smallest absolute Gasteiger partial charge is 0.272 e. The van der Waals surface area contributed by atoms with E-state index in [-0.39, 0.29) is 11.9 Å². The van der Waals surface area contributed by atoms with Crippen LogP contribution in [0.1, 0.15) is 48.7 Å². The fourth-order valence-corrected chi connectivity index (χ4v) is 3.93. The van der Waals surface area contributed by atoms with Gasteiger partial charge in [0.2, 0.25) is 0 Å². The van der Waals surface area contributed by atoms with E-state index in [1.807, 2.05) is 31.3 Å². The maximum Gasteiger partial charge on any atom is 0.272 e. The molecular formula is C19H23N3O2. The summed E-state index contributed by atoms with van der Waals surface area (Å²) in [5.74, 6) is 1.30. The number of aryl methyl sites for hydroxylation is 1. The number of fused-ring (bicyclic) bond motifs is 3. The average molecular weight is 325 g/mol. The fourth-order valence-electron chi connectivity index (χ4n) is 3.93. The molecule has 1 saturated carbocycles. The summed E-state index contributed by atoms with van der Waals surface area (Å²) in [4.78, 5) is 12.8. The molecule has 1 N–H and O–H groups in total. The van der Waals surface area contributed by atoms with Gasteiger partial charge in [-0.1, -0.05) is 31.9 Å². The summed E-state index contributed by atoms with van der Waals surface area (Å²) in [5.41, 5.74) is 3.37. The van der Waals surface area contributed by atoms with Crippen molar-refractivity contribution in [3.63, 3.8) is 0 Å². The van der Waals surface area contributed by atoms with Crippen molar-refractivity contribution >= 4 is 5.91 Å². The van der Waals surface area contributed by atoms with Gasteiger partial charge in [0.05, 0.1) is 5.69 Å². The summed E-state index contributed by atoms with van der Waals surface area (Å²) in [7, 11) is 1.89. The Kier molecular flexibility index (Phi) is 3.79. The van der Waals surface area contributed by atoms with E-state index < -0.39 is 0 Å². The topological polar surface area (TPSA) is 56.2 Å². The normalized spacial score (nSPS) is 22.2. The molecule has 1 aromatic carbocycles. The van der Waals surface area contributed by atoms with Crippen LogP contribution in [0.25, 0.3) is 11.3 Å². The van der Waals surface area contributed by atoms with Crippen molar-refractivity contribution in [1.82, 2.24) is 15.1 Å². The van der Waals surface area contributed by atoms with E-state index in [0.29, 0.717) is 18.2 Å². The van der Waals surface area contributed by atoms with Crippen LogP contribution in [0.15, 0.2) is 24.3 Å². The first kappa shape index (κ1) is 15.2. The van der Waals surface area contributed by atoms with Crippen LogP contribution in [-0.4, -0.2) is 21.7 Å². The number of ether oxygens (including phenoxy) is 1. The van der Waals surface area contributed by atoms with E-state index in [1.54, 1.807) is 4.68 Å². The minimum atomic E-state index is -0.0754. The number of aromatic nitrogens is 2. The summed E-state index contributed by atoms with van der Waals surface area (Å²) in [6, 6.07) is 8.15. The first-order chi connectivity index (χ1) is 11.6. The number of amides is 1. The maximum atomic E-state index is 12.8. The number of para-hydroxylation sites is 1. The zero-order valence-electron chi connectivity index (χ0n) is 14.2. The molecule has 1 aliphatic carbocycles. The molecule has 5 heteroatoms. The lowest BCUT2D eigenvalue weighted by molar-refractivity contribution is 0.0902. The molecule has 1 aromatic heterocycles. The molecular weight excluding hydrogens is 302 g/mol. The average Bonchev–Trinajstić information content (AvgIpc) is 2.94. The Labute approximate surface area is 142 Å². The van der Waals surface area contributed by atoms with Gasteiger partial charge in [-0.3, -0.25) is 9.48 Å². The van der Waals surface area contributed by atoms with Gasteiger partial charge in [0.1, 0.15) is 12.4 Å². The Morgan fingerprint density at radius 2 is 2.08 bits per heavy atom. The molecule has 2 atom stereocenters. The summed E-state index contributed by atoms with van der Waals surface area (Å²) < 4.78 is 7.63. The standard InChI is InChI=1S/C19H23N3O2/c1-12-7-3-5-9-15(12)20-19(23)17-14-11-24-16-10-6-4-8-13(16)18(14)22(2)21-17/h4,6,8,10,12,15H,3,5,7,9,11H2,1-2H3,(H,20,23)/t12-,15-/m1/s1. The van der Waals surface area contributed by atoms with Crippen LogP contribution in [0.4, 0.5) is 0 Å². The third-order valence-corrected chi connectivity index (χ3v) is 5.30. The highest BCUT2D eigenvalue weighted by atomic mass is 16.5. The molecule has 1 amide bonds. The quantitative estimate of drug-likeness (QED) is 0.922. The van der Waals surface area contributed by atoms with Crippen LogP contribution in [0.5, 0.6) is 5.75 Å². The van der Waals surface area contributed by atoms with Crippen molar-refractivity contribution in [1.29, 1.82) is 0 Å². The molecule has 2 aromatic rings.